The van der Waals surface area contributed by atoms with Crippen molar-refractivity contribution in [2.24, 2.45) is 10.7 Å². The number of rotatable bonds is 4. The summed E-state index contributed by atoms with van der Waals surface area (Å²) in [6.45, 7) is -1.03. The molecule has 1 aromatic heterocycles. The number of guanidine groups is 1. The molecule has 8 heteroatoms. The van der Waals surface area contributed by atoms with Crippen LogP contribution in [0, 0.1) is 0 Å². The second-order valence-corrected chi connectivity index (χ2v) is 4.21. The standard InChI is InChI=1S/C10H14F3N5/c11-10(12,13)6-18-4-3-15-8(18)5-16-9(14)17-7-1-2-7/h3-4,7H,1-2,5-6H2,(H3,14,16,17). The molecule has 5 nitrogen and oxygen atoms in total. The third-order valence-electron chi connectivity index (χ3n) is 2.47. The Bertz CT molecular complexity index is 433. The molecule has 1 heterocycles. The van der Waals surface area contributed by atoms with Crippen molar-refractivity contribution in [2.75, 3.05) is 0 Å². The topological polar surface area (TPSA) is 68.2 Å². The van der Waals surface area contributed by atoms with Crippen LogP contribution in [-0.2, 0) is 13.1 Å². The number of nitrogens with zero attached hydrogens (tertiary/aromatic N) is 3. The van der Waals surface area contributed by atoms with Gasteiger partial charge in [0.15, 0.2) is 5.96 Å². The monoisotopic (exact) mass is 261 g/mol. The van der Waals surface area contributed by atoms with E-state index in [1.54, 1.807) is 0 Å². The van der Waals surface area contributed by atoms with E-state index in [9.17, 15) is 13.2 Å². The number of halogens is 3. The van der Waals surface area contributed by atoms with Gasteiger partial charge in [0.1, 0.15) is 18.9 Å². The normalized spacial score (nSPS) is 16.9. The van der Waals surface area contributed by atoms with Gasteiger partial charge in [-0.1, -0.05) is 0 Å². The van der Waals surface area contributed by atoms with E-state index in [-0.39, 0.29) is 18.3 Å². The molecule has 18 heavy (non-hydrogen) atoms. The Balaban J connectivity index is 1.94. The maximum atomic E-state index is 12.3. The van der Waals surface area contributed by atoms with Crippen molar-refractivity contribution in [1.82, 2.24) is 14.9 Å². The number of aliphatic imine (C=N–C) groups is 1. The number of hydrogen-bond donors (Lipinski definition) is 2. The lowest BCUT2D eigenvalue weighted by Gasteiger charge is -2.09. The summed E-state index contributed by atoms with van der Waals surface area (Å²) >= 11 is 0. The van der Waals surface area contributed by atoms with Gasteiger partial charge in [0.2, 0.25) is 0 Å². The van der Waals surface area contributed by atoms with Gasteiger partial charge in [0, 0.05) is 18.4 Å². The smallest absolute Gasteiger partial charge is 0.370 e. The molecule has 2 rings (SSSR count). The molecule has 0 aliphatic heterocycles. The number of aromatic nitrogens is 2. The fourth-order valence-corrected chi connectivity index (χ4v) is 1.47. The van der Waals surface area contributed by atoms with Crippen molar-refractivity contribution >= 4 is 5.96 Å². The first-order chi connectivity index (χ1) is 8.44. The number of nitrogens with two attached hydrogens (primary N) is 1. The summed E-state index contributed by atoms with van der Waals surface area (Å²) in [7, 11) is 0. The Morgan fingerprint density at radius 2 is 2.28 bits per heavy atom. The maximum Gasteiger partial charge on any atom is 0.406 e. The minimum absolute atomic E-state index is 0.0363. The summed E-state index contributed by atoms with van der Waals surface area (Å²) in [5, 5.41) is 2.95. The Hall–Kier alpha value is -1.73. The minimum atomic E-state index is -4.27. The van der Waals surface area contributed by atoms with Gasteiger partial charge in [-0.05, 0) is 12.8 Å². The molecule has 1 aliphatic carbocycles. The summed E-state index contributed by atoms with van der Waals surface area (Å²) < 4.78 is 37.8. The maximum absolute atomic E-state index is 12.3. The van der Waals surface area contributed by atoms with E-state index in [1.165, 1.54) is 12.4 Å². The molecule has 0 amide bonds. The average molecular weight is 261 g/mol. The van der Waals surface area contributed by atoms with E-state index in [2.05, 4.69) is 15.3 Å². The molecule has 0 atom stereocenters. The van der Waals surface area contributed by atoms with Crippen LogP contribution in [0.3, 0.4) is 0 Å². The van der Waals surface area contributed by atoms with Crippen molar-refractivity contribution in [1.29, 1.82) is 0 Å². The van der Waals surface area contributed by atoms with Crippen molar-refractivity contribution in [3.8, 4) is 0 Å². The van der Waals surface area contributed by atoms with Crippen LogP contribution >= 0.6 is 0 Å². The number of alkyl halides is 3. The molecule has 0 unspecified atom stereocenters. The number of imidazole rings is 1. The highest BCUT2D eigenvalue weighted by Gasteiger charge is 2.28. The molecule has 0 spiro atoms. The quantitative estimate of drug-likeness (QED) is 0.628. The van der Waals surface area contributed by atoms with Gasteiger partial charge in [-0.3, -0.25) is 0 Å². The fraction of sp³-hybridized carbons (Fsp3) is 0.600. The molecular formula is C10H14F3N5. The molecule has 0 bridgehead atoms. The van der Waals surface area contributed by atoms with Crippen LogP contribution in [-0.4, -0.2) is 27.7 Å². The predicted octanol–water partition coefficient (Wildman–Crippen LogP) is 1.01. The van der Waals surface area contributed by atoms with Crippen molar-refractivity contribution in [2.45, 2.75) is 38.1 Å². The van der Waals surface area contributed by atoms with Crippen LogP contribution in [0.25, 0.3) is 0 Å². The van der Waals surface area contributed by atoms with E-state index < -0.39 is 12.7 Å². The molecule has 0 radical (unpaired) electrons. The molecule has 0 saturated heterocycles. The molecule has 0 aromatic carbocycles. The van der Waals surface area contributed by atoms with Gasteiger partial charge in [0.05, 0.1) is 0 Å². The first-order valence-corrected chi connectivity index (χ1v) is 5.57. The third kappa shape index (κ3) is 3.94. The first kappa shape index (κ1) is 12.7. The van der Waals surface area contributed by atoms with Gasteiger partial charge >= 0.3 is 6.18 Å². The lowest BCUT2D eigenvalue weighted by molar-refractivity contribution is -0.141. The molecule has 100 valence electrons. The van der Waals surface area contributed by atoms with E-state index in [0.29, 0.717) is 6.04 Å². The molecule has 1 aliphatic rings. The van der Waals surface area contributed by atoms with Crippen LogP contribution in [0.1, 0.15) is 18.7 Å². The number of hydrogen-bond acceptors (Lipinski definition) is 2. The summed E-state index contributed by atoms with van der Waals surface area (Å²) in [5.41, 5.74) is 5.59. The second-order valence-electron chi connectivity index (χ2n) is 4.21. The summed E-state index contributed by atoms with van der Waals surface area (Å²) in [6.07, 6.45) is 0.443. The highest BCUT2D eigenvalue weighted by molar-refractivity contribution is 5.78. The summed E-state index contributed by atoms with van der Waals surface area (Å²) in [5.74, 6) is 0.493. The van der Waals surface area contributed by atoms with Gasteiger partial charge < -0.3 is 15.6 Å². The van der Waals surface area contributed by atoms with Crippen LogP contribution in [0.4, 0.5) is 13.2 Å². The Morgan fingerprint density at radius 1 is 1.56 bits per heavy atom. The largest absolute Gasteiger partial charge is 0.406 e. The zero-order valence-electron chi connectivity index (χ0n) is 9.61. The summed E-state index contributed by atoms with van der Waals surface area (Å²) in [4.78, 5) is 7.81. The van der Waals surface area contributed by atoms with Crippen molar-refractivity contribution in [3.05, 3.63) is 18.2 Å². The van der Waals surface area contributed by atoms with Crippen molar-refractivity contribution in [3.63, 3.8) is 0 Å². The molecule has 1 aromatic rings. The predicted molar refractivity (Wildman–Crippen MR) is 59.8 cm³/mol. The van der Waals surface area contributed by atoms with E-state index in [4.69, 9.17) is 5.73 Å². The van der Waals surface area contributed by atoms with E-state index >= 15 is 0 Å². The van der Waals surface area contributed by atoms with E-state index in [1.807, 2.05) is 0 Å². The van der Waals surface area contributed by atoms with Gasteiger partial charge in [-0.2, -0.15) is 13.2 Å². The Labute approximate surface area is 102 Å². The van der Waals surface area contributed by atoms with Gasteiger partial charge in [-0.25, -0.2) is 9.98 Å². The minimum Gasteiger partial charge on any atom is -0.370 e. The van der Waals surface area contributed by atoms with Gasteiger partial charge in [-0.15, -0.1) is 0 Å². The molecular weight excluding hydrogens is 247 g/mol. The van der Waals surface area contributed by atoms with E-state index in [0.717, 1.165) is 17.4 Å². The second kappa shape index (κ2) is 4.87. The molecule has 3 N–H and O–H groups in total. The molecule has 1 fully saturated rings. The SMILES string of the molecule is NC(=NCc1nccn1CC(F)(F)F)NC1CC1. The van der Waals surface area contributed by atoms with Gasteiger partial charge in [0.25, 0.3) is 0 Å². The Kier molecular flexibility index (Phi) is 3.44. The van der Waals surface area contributed by atoms with Crippen LogP contribution in [0.5, 0.6) is 0 Å². The number of nitrogens with one attached hydrogen (secondary N) is 1. The first-order valence-electron chi connectivity index (χ1n) is 5.57. The van der Waals surface area contributed by atoms with Crippen LogP contribution < -0.4 is 11.1 Å². The lowest BCUT2D eigenvalue weighted by atomic mass is 10.5. The molecule has 1 saturated carbocycles. The summed E-state index contributed by atoms with van der Waals surface area (Å²) in [6, 6.07) is 0.365. The van der Waals surface area contributed by atoms with Crippen LogP contribution in [0.15, 0.2) is 17.4 Å². The zero-order chi connectivity index (χ0) is 13.2. The highest BCUT2D eigenvalue weighted by atomic mass is 19.4. The average Bonchev–Trinajstić information content (AvgIpc) is 2.94. The third-order valence-corrected chi connectivity index (χ3v) is 2.47. The fourth-order valence-electron chi connectivity index (χ4n) is 1.47. The van der Waals surface area contributed by atoms with Crippen molar-refractivity contribution < 1.29 is 13.2 Å². The van der Waals surface area contributed by atoms with Crippen LogP contribution in [0.2, 0.25) is 0 Å². The zero-order valence-corrected chi connectivity index (χ0v) is 9.61. The highest BCUT2D eigenvalue weighted by Crippen LogP contribution is 2.19. The Morgan fingerprint density at radius 3 is 2.89 bits per heavy atom. The lowest BCUT2D eigenvalue weighted by Crippen LogP contribution is -2.33.